The van der Waals surface area contributed by atoms with E-state index in [2.05, 4.69) is 32.9 Å². The number of benzene rings is 1. The average Bonchev–Trinajstić information content (AvgIpc) is 2.18. The number of carbonyl (C=O) groups is 1. The zero-order valence-corrected chi connectivity index (χ0v) is 11.0. The van der Waals surface area contributed by atoms with Crippen LogP contribution in [0.25, 0.3) is 0 Å². The Hall–Kier alpha value is -1.61. The predicted molar refractivity (Wildman–Crippen MR) is 69.9 cm³/mol. The number of aliphatic carboxylic acids is 1. The van der Waals surface area contributed by atoms with Crippen molar-refractivity contribution in [2.45, 2.75) is 26.2 Å². The fraction of sp³-hybridized carbons (Fsp3) is 0.400. The van der Waals surface area contributed by atoms with Crippen LogP contribution in [0.2, 0.25) is 0 Å². The standard InChI is InChI=1S/C15H18O3/c1-10-6-11(2)14(12(3)7-10)15(8-18-9-15)5-4-13(16)17/h4-7H,8-9H2,1-3H3,(H,16,17)/b5-4+. The van der Waals surface area contributed by atoms with Gasteiger partial charge in [-0.3, -0.25) is 0 Å². The Kier molecular flexibility index (Phi) is 3.26. The first-order chi connectivity index (χ1) is 8.44. The first kappa shape index (κ1) is 12.8. The molecule has 0 bridgehead atoms. The molecule has 18 heavy (non-hydrogen) atoms. The van der Waals surface area contributed by atoms with E-state index < -0.39 is 5.97 Å². The molecule has 2 rings (SSSR count). The zero-order valence-electron chi connectivity index (χ0n) is 11.0. The van der Waals surface area contributed by atoms with Crippen LogP contribution in [-0.2, 0) is 14.9 Å². The topological polar surface area (TPSA) is 46.5 Å². The molecule has 0 spiro atoms. The summed E-state index contributed by atoms with van der Waals surface area (Å²) in [7, 11) is 0. The zero-order chi connectivity index (χ0) is 13.3. The van der Waals surface area contributed by atoms with Gasteiger partial charge < -0.3 is 9.84 Å². The van der Waals surface area contributed by atoms with Crippen LogP contribution in [0.1, 0.15) is 22.3 Å². The molecule has 0 aliphatic carbocycles. The molecule has 0 atom stereocenters. The second-order valence-corrected chi connectivity index (χ2v) is 5.09. The number of rotatable bonds is 3. The maximum atomic E-state index is 10.7. The van der Waals surface area contributed by atoms with Gasteiger partial charge in [0.25, 0.3) is 0 Å². The van der Waals surface area contributed by atoms with Gasteiger partial charge in [0.2, 0.25) is 0 Å². The minimum absolute atomic E-state index is 0.264. The van der Waals surface area contributed by atoms with E-state index in [9.17, 15) is 4.79 Å². The number of hydrogen-bond acceptors (Lipinski definition) is 2. The van der Waals surface area contributed by atoms with Crippen molar-refractivity contribution in [3.8, 4) is 0 Å². The Balaban J connectivity index is 2.48. The maximum absolute atomic E-state index is 10.7. The molecule has 1 heterocycles. The quantitative estimate of drug-likeness (QED) is 0.834. The van der Waals surface area contributed by atoms with Gasteiger partial charge in [-0.1, -0.05) is 23.8 Å². The molecule has 96 valence electrons. The van der Waals surface area contributed by atoms with Crippen molar-refractivity contribution in [3.63, 3.8) is 0 Å². The van der Waals surface area contributed by atoms with Crippen LogP contribution in [0.15, 0.2) is 24.3 Å². The van der Waals surface area contributed by atoms with E-state index >= 15 is 0 Å². The summed E-state index contributed by atoms with van der Waals surface area (Å²) in [5.74, 6) is -0.913. The monoisotopic (exact) mass is 246 g/mol. The second-order valence-electron chi connectivity index (χ2n) is 5.09. The first-order valence-electron chi connectivity index (χ1n) is 6.03. The van der Waals surface area contributed by atoms with E-state index in [1.165, 1.54) is 28.3 Å². The summed E-state index contributed by atoms with van der Waals surface area (Å²) >= 11 is 0. The molecule has 0 saturated carbocycles. The van der Waals surface area contributed by atoms with Gasteiger partial charge in [0.05, 0.1) is 18.6 Å². The van der Waals surface area contributed by atoms with E-state index in [1.807, 2.05) is 0 Å². The second kappa shape index (κ2) is 4.58. The molecular weight excluding hydrogens is 228 g/mol. The highest BCUT2D eigenvalue weighted by Gasteiger charge is 2.40. The summed E-state index contributed by atoms with van der Waals surface area (Å²) in [4.78, 5) is 10.7. The number of aryl methyl sites for hydroxylation is 3. The summed E-state index contributed by atoms with van der Waals surface area (Å²) in [5, 5.41) is 8.80. The number of carboxylic acid groups (broad SMARTS) is 1. The van der Waals surface area contributed by atoms with Gasteiger partial charge in [-0.15, -0.1) is 0 Å². The summed E-state index contributed by atoms with van der Waals surface area (Å²) in [6.45, 7) is 7.33. The molecule has 0 aromatic heterocycles. The first-order valence-corrected chi connectivity index (χ1v) is 6.03. The van der Waals surface area contributed by atoms with Crippen molar-refractivity contribution in [1.29, 1.82) is 0 Å². The molecule has 3 heteroatoms. The SMILES string of the molecule is Cc1cc(C)c(C2(/C=C/C(=O)O)COC2)c(C)c1. The molecule has 1 aromatic rings. The summed E-state index contributed by atoms with van der Waals surface area (Å²) in [6, 6.07) is 4.27. The lowest BCUT2D eigenvalue weighted by Gasteiger charge is -2.41. The van der Waals surface area contributed by atoms with Crippen molar-refractivity contribution in [3.05, 3.63) is 46.5 Å². The average molecular weight is 246 g/mol. The fourth-order valence-corrected chi connectivity index (χ4v) is 2.84. The van der Waals surface area contributed by atoms with Gasteiger partial charge in [0.1, 0.15) is 0 Å². The van der Waals surface area contributed by atoms with Gasteiger partial charge in [-0.25, -0.2) is 4.79 Å². The number of carboxylic acids is 1. The van der Waals surface area contributed by atoms with E-state index in [0.717, 1.165) is 0 Å². The number of hydrogen-bond donors (Lipinski definition) is 1. The Bertz CT molecular complexity index is 487. The molecule has 0 amide bonds. The van der Waals surface area contributed by atoms with E-state index in [-0.39, 0.29) is 5.41 Å². The van der Waals surface area contributed by atoms with Crippen molar-refractivity contribution in [2.24, 2.45) is 0 Å². The minimum atomic E-state index is -0.913. The van der Waals surface area contributed by atoms with Crippen molar-refractivity contribution in [2.75, 3.05) is 13.2 Å². The van der Waals surface area contributed by atoms with Crippen LogP contribution in [0, 0.1) is 20.8 Å². The molecule has 3 nitrogen and oxygen atoms in total. The lowest BCUT2D eigenvalue weighted by atomic mass is 9.74. The molecule has 1 fully saturated rings. The smallest absolute Gasteiger partial charge is 0.328 e. The molecule has 1 N–H and O–H groups in total. The summed E-state index contributed by atoms with van der Waals surface area (Å²) in [5.41, 5.74) is 4.57. The van der Waals surface area contributed by atoms with Crippen LogP contribution in [-0.4, -0.2) is 24.3 Å². The summed E-state index contributed by atoms with van der Waals surface area (Å²) in [6.07, 6.45) is 2.99. The third kappa shape index (κ3) is 2.18. The highest BCUT2D eigenvalue weighted by atomic mass is 16.5. The maximum Gasteiger partial charge on any atom is 0.328 e. The molecule has 0 radical (unpaired) electrons. The Morgan fingerprint density at radius 3 is 2.22 bits per heavy atom. The molecule has 0 unspecified atom stereocenters. The molecular formula is C15H18O3. The van der Waals surface area contributed by atoms with E-state index in [0.29, 0.717) is 13.2 Å². The lowest BCUT2D eigenvalue weighted by molar-refractivity contribution is -0.131. The lowest BCUT2D eigenvalue weighted by Crippen LogP contribution is -2.46. The van der Waals surface area contributed by atoms with Crippen LogP contribution < -0.4 is 0 Å². The van der Waals surface area contributed by atoms with Crippen molar-refractivity contribution >= 4 is 5.97 Å². The van der Waals surface area contributed by atoms with Gasteiger partial charge >= 0.3 is 5.97 Å². The van der Waals surface area contributed by atoms with Crippen LogP contribution in [0.3, 0.4) is 0 Å². The van der Waals surface area contributed by atoms with Gasteiger partial charge in [0, 0.05) is 6.08 Å². The molecule has 1 aromatic carbocycles. The van der Waals surface area contributed by atoms with Crippen LogP contribution in [0.5, 0.6) is 0 Å². The van der Waals surface area contributed by atoms with Gasteiger partial charge in [-0.05, 0) is 37.5 Å². The Labute approximate surface area is 107 Å². The third-order valence-corrected chi connectivity index (χ3v) is 3.44. The fourth-order valence-electron chi connectivity index (χ4n) is 2.84. The van der Waals surface area contributed by atoms with Gasteiger partial charge in [-0.2, -0.15) is 0 Å². The number of ether oxygens (including phenoxy) is 1. The van der Waals surface area contributed by atoms with Crippen LogP contribution in [0.4, 0.5) is 0 Å². The Morgan fingerprint density at radius 1 is 1.28 bits per heavy atom. The van der Waals surface area contributed by atoms with Crippen molar-refractivity contribution < 1.29 is 14.6 Å². The minimum Gasteiger partial charge on any atom is -0.478 e. The summed E-state index contributed by atoms with van der Waals surface area (Å²) < 4.78 is 5.32. The molecule has 1 aliphatic heterocycles. The largest absolute Gasteiger partial charge is 0.478 e. The van der Waals surface area contributed by atoms with E-state index in [4.69, 9.17) is 9.84 Å². The van der Waals surface area contributed by atoms with Crippen molar-refractivity contribution in [1.82, 2.24) is 0 Å². The Morgan fingerprint density at radius 2 is 1.83 bits per heavy atom. The highest BCUT2D eigenvalue weighted by molar-refractivity contribution is 5.80. The molecule has 1 aliphatic rings. The third-order valence-electron chi connectivity index (χ3n) is 3.44. The van der Waals surface area contributed by atoms with Crippen LogP contribution >= 0.6 is 0 Å². The highest BCUT2D eigenvalue weighted by Crippen LogP contribution is 2.38. The van der Waals surface area contributed by atoms with E-state index in [1.54, 1.807) is 6.08 Å². The molecule has 1 saturated heterocycles. The van der Waals surface area contributed by atoms with Gasteiger partial charge in [0.15, 0.2) is 0 Å². The predicted octanol–water partition coefficient (Wildman–Crippen LogP) is 2.52. The normalized spacial score (nSPS) is 17.7.